The second-order valence-corrected chi connectivity index (χ2v) is 12.6. The van der Waals surface area contributed by atoms with Gasteiger partial charge in [-0.25, -0.2) is 0 Å². The molecule has 0 radical (unpaired) electrons. The number of carbonyl (C=O) groups excluding carboxylic acids is 4. The Labute approximate surface area is 273 Å². The van der Waals surface area contributed by atoms with Crippen molar-refractivity contribution in [1.29, 1.82) is 0 Å². The van der Waals surface area contributed by atoms with E-state index in [0.717, 1.165) is 0 Å². The van der Waals surface area contributed by atoms with Gasteiger partial charge in [-0.15, -0.1) is 0 Å². The minimum Gasteiger partial charge on any atom is -0.455 e. The lowest BCUT2D eigenvalue weighted by Crippen LogP contribution is -2.56. The number of benzene rings is 2. The zero-order valence-electron chi connectivity index (χ0n) is 25.8. The van der Waals surface area contributed by atoms with Crippen LogP contribution in [0.1, 0.15) is 37.9 Å². The van der Waals surface area contributed by atoms with Crippen LogP contribution >= 0.6 is 11.6 Å². The van der Waals surface area contributed by atoms with Gasteiger partial charge in [-0.3, -0.25) is 19.2 Å². The molecule has 0 saturated carbocycles. The molecule has 2 saturated heterocycles. The molecular formula is C35H38ClN3O7. The molecule has 0 aromatic heterocycles. The normalized spacial score (nSPS) is 32.2. The molecule has 3 amide bonds. The SMILES string of the molecule is C[C@@H]1[C@@H](c2ccccc2)OC(=O)[C@@H]2[C@@H]3C=C[C@]4(O3)[C@H](C(=O)N(c3ccccc3Cl)C/C=C\CCC(=O)N1C)N(CCCO)C(=O)[C@@H]24. The van der Waals surface area contributed by atoms with Crippen LogP contribution in [0.25, 0.3) is 0 Å². The Morgan fingerprint density at radius 2 is 1.74 bits per heavy atom. The van der Waals surface area contributed by atoms with Crippen molar-refractivity contribution < 1.29 is 33.8 Å². The van der Waals surface area contributed by atoms with Crippen molar-refractivity contribution in [2.75, 3.05) is 31.6 Å². The first-order chi connectivity index (χ1) is 22.2. The highest BCUT2D eigenvalue weighted by molar-refractivity contribution is 6.34. The topological polar surface area (TPSA) is 117 Å². The van der Waals surface area contributed by atoms with Gasteiger partial charge in [0.1, 0.15) is 23.7 Å². The van der Waals surface area contributed by atoms with Gasteiger partial charge in [0.25, 0.3) is 5.91 Å². The Morgan fingerprint density at radius 1 is 1.00 bits per heavy atom. The molecule has 2 fully saturated rings. The van der Waals surface area contributed by atoms with E-state index in [1.807, 2.05) is 49.4 Å². The number of fused-ring (bicyclic) bond motifs is 2. The summed E-state index contributed by atoms with van der Waals surface area (Å²) in [7, 11) is 1.69. The van der Waals surface area contributed by atoms with Gasteiger partial charge >= 0.3 is 5.97 Å². The third-order valence-corrected chi connectivity index (χ3v) is 9.96. The van der Waals surface area contributed by atoms with E-state index in [2.05, 4.69) is 0 Å². The summed E-state index contributed by atoms with van der Waals surface area (Å²) in [4.78, 5) is 61.1. The number of cyclic esters (lactones) is 1. The fourth-order valence-corrected chi connectivity index (χ4v) is 7.46. The highest BCUT2D eigenvalue weighted by atomic mass is 35.5. The molecule has 4 aliphatic rings. The van der Waals surface area contributed by atoms with Crippen LogP contribution < -0.4 is 4.90 Å². The number of likely N-dealkylation sites (N-methyl/N-ethyl adjacent to an activating group) is 1. The molecule has 1 N–H and O–H groups in total. The highest BCUT2D eigenvalue weighted by Crippen LogP contribution is 2.56. The van der Waals surface area contributed by atoms with Gasteiger partial charge in [0.15, 0.2) is 0 Å². The van der Waals surface area contributed by atoms with Gasteiger partial charge in [-0.05, 0) is 37.5 Å². The van der Waals surface area contributed by atoms with Crippen LogP contribution in [0.2, 0.25) is 5.02 Å². The summed E-state index contributed by atoms with van der Waals surface area (Å²) >= 11 is 6.60. The Kier molecular flexibility index (Phi) is 9.05. The van der Waals surface area contributed by atoms with Crippen LogP contribution in [-0.2, 0) is 28.7 Å². The quantitative estimate of drug-likeness (QED) is 0.389. The van der Waals surface area contributed by atoms with E-state index >= 15 is 0 Å². The first-order valence-electron chi connectivity index (χ1n) is 15.7. The van der Waals surface area contributed by atoms with E-state index in [1.54, 1.807) is 48.4 Å². The summed E-state index contributed by atoms with van der Waals surface area (Å²) in [6.45, 7) is 1.86. The van der Waals surface area contributed by atoms with Gasteiger partial charge in [-0.1, -0.05) is 78.4 Å². The summed E-state index contributed by atoms with van der Waals surface area (Å²) in [5.74, 6) is -3.64. The predicted octanol–water partition coefficient (Wildman–Crippen LogP) is 3.69. The van der Waals surface area contributed by atoms with Crippen LogP contribution in [0.4, 0.5) is 5.69 Å². The summed E-state index contributed by atoms with van der Waals surface area (Å²) in [5, 5.41) is 10.0. The second-order valence-electron chi connectivity index (χ2n) is 12.2. The number of likely N-dealkylation sites (tertiary alicyclic amines) is 1. The zero-order valence-corrected chi connectivity index (χ0v) is 26.6. The molecule has 2 aromatic carbocycles. The molecule has 11 heteroatoms. The maximum atomic E-state index is 14.7. The minimum atomic E-state index is -1.42. The lowest BCUT2D eigenvalue weighted by Gasteiger charge is -2.36. The molecule has 5 bridgehead atoms. The molecule has 2 aromatic rings. The number of esters is 1. The number of hydrogen-bond acceptors (Lipinski definition) is 7. The smallest absolute Gasteiger partial charge is 0.313 e. The number of amides is 3. The number of anilines is 1. The van der Waals surface area contributed by atoms with E-state index in [9.17, 15) is 24.3 Å². The first kappa shape index (κ1) is 32.0. The average Bonchev–Trinajstić information content (AvgIpc) is 3.71. The average molecular weight is 648 g/mol. The Morgan fingerprint density at radius 3 is 2.48 bits per heavy atom. The standard InChI is InChI=1S/C35H38ClN3O7/c1-22-30(23-12-5-3-6-13-23)45-34(44)28-26-17-18-35(46-26)29(28)32(42)39(20-11-21-40)31(35)33(43)38(25-15-9-8-14-24(25)36)19-10-4-7-16-27(41)37(22)2/h3-6,8-10,12-15,17-18,22,26,28-31,40H,7,11,16,19-21H2,1-2H3/b10-4-/t22-,26+,28-,29-,30+,31+,35-/m1/s1. The van der Waals surface area contributed by atoms with Crippen molar-refractivity contribution in [1.82, 2.24) is 9.80 Å². The van der Waals surface area contributed by atoms with E-state index in [-0.39, 0.29) is 38.4 Å². The molecule has 242 valence electrons. The third kappa shape index (κ3) is 5.42. The summed E-state index contributed by atoms with van der Waals surface area (Å²) in [5.41, 5.74) is -0.259. The summed E-state index contributed by atoms with van der Waals surface area (Å²) in [6, 6.07) is 14.5. The van der Waals surface area contributed by atoms with Crippen molar-refractivity contribution in [3.05, 3.63) is 89.5 Å². The van der Waals surface area contributed by atoms with Crippen molar-refractivity contribution in [2.24, 2.45) is 11.8 Å². The van der Waals surface area contributed by atoms with E-state index < -0.39 is 59.5 Å². The molecule has 6 rings (SSSR count). The van der Waals surface area contributed by atoms with Crippen LogP contribution in [0.15, 0.2) is 78.9 Å². The largest absolute Gasteiger partial charge is 0.455 e. The molecule has 4 heterocycles. The maximum absolute atomic E-state index is 14.7. The number of nitrogens with zero attached hydrogens (tertiary/aromatic N) is 3. The van der Waals surface area contributed by atoms with Gasteiger partial charge in [0, 0.05) is 33.2 Å². The van der Waals surface area contributed by atoms with Crippen molar-refractivity contribution in [2.45, 2.75) is 56.1 Å². The Bertz CT molecular complexity index is 1560. The number of para-hydroxylation sites is 1. The number of hydrogen-bond donors (Lipinski definition) is 1. The third-order valence-electron chi connectivity index (χ3n) is 9.64. The number of aliphatic hydroxyl groups excluding tert-OH is 1. The molecule has 0 unspecified atom stereocenters. The fourth-order valence-electron chi connectivity index (χ4n) is 7.23. The summed E-state index contributed by atoms with van der Waals surface area (Å²) in [6.07, 6.45) is 6.40. The number of allylic oxidation sites excluding steroid dienone is 1. The van der Waals surface area contributed by atoms with Crippen molar-refractivity contribution in [3.63, 3.8) is 0 Å². The lowest BCUT2D eigenvalue weighted by molar-refractivity contribution is -0.164. The Hall–Kier alpha value is -3.99. The summed E-state index contributed by atoms with van der Waals surface area (Å²) < 4.78 is 12.7. The molecule has 4 aliphatic heterocycles. The number of ether oxygens (including phenoxy) is 2. The number of rotatable bonds is 5. The van der Waals surface area contributed by atoms with Gasteiger partial charge in [0.05, 0.1) is 28.8 Å². The highest BCUT2D eigenvalue weighted by Gasteiger charge is 2.73. The molecule has 46 heavy (non-hydrogen) atoms. The Balaban J connectivity index is 1.46. The maximum Gasteiger partial charge on any atom is 0.313 e. The first-order valence-corrected chi connectivity index (χ1v) is 16.1. The van der Waals surface area contributed by atoms with Crippen LogP contribution in [-0.4, -0.2) is 89.1 Å². The predicted molar refractivity (Wildman–Crippen MR) is 171 cm³/mol. The van der Waals surface area contributed by atoms with Crippen LogP contribution in [0.5, 0.6) is 0 Å². The van der Waals surface area contributed by atoms with Crippen LogP contribution in [0, 0.1) is 11.8 Å². The molecule has 1 spiro atoms. The second kappa shape index (κ2) is 13.0. The number of halogens is 1. The molecule has 7 atom stereocenters. The van der Waals surface area contributed by atoms with Gasteiger partial charge < -0.3 is 29.3 Å². The fraction of sp³-hybridized carbons (Fsp3) is 0.429. The van der Waals surface area contributed by atoms with Crippen molar-refractivity contribution in [3.8, 4) is 0 Å². The molecule has 10 nitrogen and oxygen atoms in total. The van der Waals surface area contributed by atoms with E-state index in [0.29, 0.717) is 22.7 Å². The van der Waals surface area contributed by atoms with Gasteiger partial charge in [-0.2, -0.15) is 0 Å². The number of carbonyl (C=O) groups is 4. The monoisotopic (exact) mass is 647 g/mol. The molecular weight excluding hydrogens is 610 g/mol. The van der Waals surface area contributed by atoms with Crippen molar-refractivity contribution >= 4 is 41.0 Å². The zero-order chi connectivity index (χ0) is 32.6. The minimum absolute atomic E-state index is 0.0937. The number of aliphatic hydroxyl groups is 1. The lowest BCUT2D eigenvalue weighted by atomic mass is 9.74. The van der Waals surface area contributed by atoms with Crippen LogP contribution in [0.3, 0.4) is 0 Å². The van der Waals surface area contributed by atoms with Gasteiger partial charge in [0.2, 0.25) is 11.8 Å². The molecule has 0 aliphatic carbocycles. The van der Waals surface area contributed by atoms with E-state index in [4.69, 9.17) is 21.1 Å². The van der Waals surface area contributed by atoms with E-state index in [1.165, 1.54) is 9.80 Å².